The summed E-state index contributed by atoms with van der Waals surface area (Å²) in [4.78, 5) is 0. The zero-order chi connectivity index (χ0) is 21.8. The van der Waals surface area contributed by atoms with Gasteiger partial charge < -0.3 is 14.8 Å². The van der Waals surface area contributed by atoms with Crippen LogP contribution in [-0.4, -0.2) is 6.61 Å². The van der Waals surface area contributed by atoms with Crippen LogP contribution in [0.15, 0.2) is 84.9 Å². The van der Waals surface area contributed by atoms with Crippen molar-refractivity contribution in [2.24, 2.45) is 5.92 Å². The van der Waals surface area contributed by atoms with Crippen LogP contribution < -0.4 is 14.8 Å². The molecule has 0 fully saturated rings. The Morgan fingerprint density at radius 3 is 2.62 bits per heavy atom. The first-order chi connectivity index (χ1) is 15.8. The highest BCUT2D eigenvalue weighted by Crippen LogP contribution is 2.51. The van der Waals surface area contributed by atoms with Gasteiger partial charge in [-0.15, -0.1) is 0 Å². The zero-order valence-electron chi connectivity index (χ0n) is 18.7. The van der Waals surface area contributed by atoms with Crippen molar-refractivity contribution in [3.8, 4) is 11.5 Å². The third-order valence-corrected chi connectivity index (χ3v) is 6.59. The van der Waals surface area contributed by atoms with Crippen molar-refractivity contribution in [3.05, 3.63) is 102 Å². The third-order valence-electron chi connectivity index (χ3n) is 6.59. The van der Waals surface area contributed by atoms with Crippen LogP contribution in [0.3, 0.4) is 0 Å². The molecule has 3 aromatic carbocycles. The molecule has 0 spiro atoms. The highest BCUT2D eigenvalue weighted by atomic mass is 16.5. The van der Waals surface area contributed by atoms with Gasteiger partial charge in [-0.2, -0.15) is 0 Å². The fourth-order valence-corrected chi connectivity index (χ4v) is 4.91. The minimum Gasteiger partial charge on any atom is -0.494 e. The van der Waals surface area contributed by atoms with Gasteiger partial charge in [0.25, 0.3) is 0 Å². The number of fused-ring (bicyclic) bond motifs is 3. The van der Waals surface area contributed by atoms with Crippen molar-refractivity contribution < 1.29 is 9.47 Å². The molecule has 0 radical (unpaired) electrons. The Bertz CT molecular complexity index is 1080. The molecule has 0 saturated carbocycles. The number of allylic oxidation sites excluding steroid dienone is 2. The van der Waals surface area contributed by atoms with Gasteiger partial charge in [0, 0.05) is 17.2 Å². The standard InChI is InChI=1S/C29H31NO2/c1-2-3-18-31-22-16-17-27-26(19-22)23-13-9-14-24(23)29(30-27)25-12-7-8-15-28(25)32-20-21-10-5-4-6-11-21/h4-13,15-17,19,23-24,29-30H,2-3,14,18,20H2,1H3. The molecule has 0 saturated heterocycles. The van der Waals surface area contributed by atoms with E-state index in [0.717, 1.165) is 37.4 Å². The van der Waals surface area contributed by atoms with Crippen molar-refractivity contribution in [1.29, 1.82) is 0 Å². The van der Waals surface area contributed by atoms with Crippen molar-refractivity contribution >= 4 is 5.69 Å². The normalized spacial score (nSPS) is 20.8. The van der Waals surface area contributed by atoms with E-state index in [-0.39, 0.29) is 6.04 Å². The van der Waals surface area contributed by atoms with Crippen LogP contribution in [0.4, 0.5) is 5.69 Å². The Kier molecular flexibility index (Phi) is 6.15. The van der Waals surface area contributed by atoms with Crippen LogP contribution in [0.5, 0.6) is 11.5 Å². The predicted molar refractivity (Wildman–Crippen MR) is 130 cm³/mol. The Balaban J connectivity index is 1.40. The Morgan fingerprint density at radius 1 is 0.906 bits per heavy atom. The van der Waals surface area contributed by atoms with Crippen LogP contribution >= 0.6 is 0 Å². The van der Waals surface area contributed by atoms with Crippen molar-refractivity contribution in [2.45, 2.75) is 44.8 Å². The maximum absolute atomic E-state index is 6.31. The maximum Gasteiger partial charge on any atom is 0.125 e. The number of hydrogen-bond donors (Lipinski definition) is 1. The molecule has 3 nitrogen and oxygen atoms in total. The third kappa shape index (κ3) is 4.25. The number of anilines is 1. The highest BCUT2D eigenvalue weighted by Gasteiger charge is 2.39. The lowest BCUT2D eigenvalue weighted by atomic mass is 9.77. The minimum atomic E-state index is 0.210. The number of ether oxygens (including phenoxy) is 2. The molecular weight excluding hydrogens is 394 g/mol. The molecule has 1 N–H and O–H groups in total. The van der Waals surface area contributed by atoms with Crippen molar-refractivity contribution in [3.63, 3.8) is 0 Å². The van der Waals surface area contributed by atoms with Crippen LogP contribution in [0.25, 0.3) is 0 Å². The molecule has 1 heterocycles. The highest BCUT2D eigenvalue weighted by molar-refractivity contribution is 5.62. The van der Waals surface area contributed by atoms with Crippen LogP contribution in [0.2, 0.25) is 0 Å². The van der Waals surface area contributed by atoms with Crippen LogP contribution in [-0.2, 0) is 6.61 Å². The number of benzene rings is 3. The first-order valence-electron chi connectivity index (χ1n) is 11.8. The van der Waals surface area contributed by atoms with Gasteiger partial charge >= 0.3 is 0 Å². The van der Waals surface area contributed by atoms with E-state index in [1.807, 2.05) is 6.07 Å². The fraction of sp³-hybridized carbons (Fsp3) is 0.310. The molecular formula is C29H31NO2. The van der Waals surface area contributed by atoms with E-state index in [0.29, 0.717) is 18.4 Å². The summed E-state index contributed by atoms with van der Waals surface area (Å²) in [6, 6.07) is 25.6. The number of rotatable bonds is 8. The Morgan fingerprint density at radius 2 is 1.75 bits per heavy atom. The van der Waals surface area contributed by atoms with Crippen molar-refractivity contribution in [1.82, 2.24) is 0 Å². The van der Waals surface area contributed by atoms with E-state index in [1.54, 1.807) is 0 Å². The lowest BCUT2D eigenvalue weighted by Gasteiger charge is -2.38. The molecule has 3 heteroatoms. The van der Waals surface area contributed by atoms with E-state index in [9.17, 15) is 0 Å². The topological polar surface area (TPSA) is 30.5 Å². The number of hydrogen-bond acceptors (Lipinski definition) is 3. The average Bonchev–Trinajstić information content (AvgIpc) is 3.34. The fourth-order valence-electron chi connectivity index (χ4n) is 4.91. The second kappa shape index (κ2) is 9.52. The SMILES string of the molecule is CCCCOc1ccc2c(c1)C1C=CCC1C(c1ccccc1OCc1ccccc1)N2. The van der Waals surface area contributed by atoms with E-state index in [4.69, 9.17) is 9.47 Å². The summed E-state index contributed by atoms with van der Waals surface area (Å²) < 4.78 is 12.3. The summed E-state index contributed by atoms with van der Waals surface area (Å²) in [5, 5.41) is 3.84. The molecule has 3 unspecified atom stereocenters. The summed E-state index contributed by atoms with van der Waals surface area (Å²) in [6.45, 7) is 3.54. The summed E-state index contributed by atoms with van der Waals surface area (Å²) in [6.07, 6.45) is 8.00. The largest absolute Gasteiger partial charge is 0.494 e. The molecule has 3 aromatic rings. The summed E-state index contributed by atoms with van der Waals surface area (Å²) in [5.41, 5.74) is 4.96. The molecule has 1 aliphatic heterocycles. The molecule has 5 rings (SSSR count). The molecule has 0 amide bonds. The maximum atomic E-state index is 6.31. The van der Waals surface area contributed by atoms with E-state index in [1.165, 1.54) is 22.4 Å². The van der Waals surface area contributed by atoms with Gasteiger partial charge in [0.2, 0.25) is 0 Å². The second-order valence-corrected chi connectivity index (χ2v) is 8.74. The van der Waals surface area contributed by atoms with Gasteiger partial charge in [-0.05, 0) is 54.2 Å². The average molecular weight is 426 g/mol. The van der Waals surface area contributed by atoms with Gasteiger partial charge in [-0.3, -0.25) is 0 Å². The van der Waals surface area contributed by atoms with E-state index < -0.39 is 0 Å². The molecule has 2 aliphatic rings. The van der Waals surface area contributed by atoms with Gasteiger partial charge in [0.1, 0.15) is 18.1 Å². The molecule has 0 bridgehead atoms. The molecule has 3 atom stereocenters. The van der Waals surface area contributed by atoms with E-state index in [2.05, 4.69) is 91.1 Å². The van der Waals surface area contributed by atoms with Gasteiger partial charge in [-0.25, -0.2) is 0 Å². The lowest BCUT2D eigenvalue weighted by molar-refractivity contribution is 0.296. The number of nitrogens with one attached hydrogen (secondary N) is 1. The van der Waals surface area contributed by atoms with E-state index >= 15 is 0 Å². The first-order valence-corrected chi connectivity index (χ1v) is 11.8. The van der Waals surface area contributed by atoms with Gasteiger partial charge in [-0.1, -0.05) is 74.0 Å². The molecule has 0 aromatic heterocycles. The number of para-hydroxylation sites is 1. The molecule has 1 aliphatic carbocycles. The zero-order valence-corrected chi connectivity index (χ0v) is 18.7. The quantitative estimate of drug-likeness (QED) is 0.304. The van der Waals surface area contributed by atoms with Crippen molar-refractivity contribution in [2.75, 3.05) is 11.9 Å². The second-order valence-electron chi connectivity index (χ2n) is 8.74. The van der Waals surface area contributed by atoms with Gasteiger partial charge in [0.05, 0.1) is 12.6 Å². The summed E-state index contributed by atoms with van der Waals surface area (Å²) in [5.74, 6) is 2.80. The Hall–Kier alpha value is -3.20. The lowest BCUT2D eigenvalue weighted by Crippen LogP contribution is -2.29. The van der Waals surface area contributed by atoms with Crippen LogP contribution in [0.1, 0.15) is 54.8 Å². The summed E-state index contributed by atoms with van der Waals surface area (Å²) in [7, 11) is 0. The Labute approximate surface area is 191 Å². The minimum absolute atomic E-state index is 0.210. The monoisotopic (exact) mass is 425 g/mol. The molecule has 32 heavy (non-hydrogen) atoms. The molecule has 164 valence electrons. The smallest absolute Gasteiger partial charge is 0.125 e. The van der Waals surface area contributed by atoms with Gasteiger partial charge in [0.15, 0.2) is 0 Å². The van der Waals surface area contributed by atoms with Crippen LogP contribution in [0, 0.1) is 5.92 Å². The number of unbranched alkanes of at least 4 members (excludes halogenated alkanes) is 1. The summed E-state index contributed by atoms with van der Waals surface area (Å²) >= 11 is 0. The first kappa shape index (κ1) is 20.7. The predicted octanol–water partition coefficient (Wildman–Crippen LogP) is 7.27.